The normalized spacial score (nSPS) is 12.0. The van der Waals surface area contributed by atoms with E-state index in [-0.39, 0.29) is 0 Å². The lowest BCUT2D eigenvalue weighted by Crippen LogP contribution is -2.03. The van der Waals surface area contributed by atoms with Crippen LogP contribution in [0.2, 0.25) is 0 Å². The lowest BCUT2D eigenvalue weighted by Gasteiger charge is -1.99. The topological polar surface area (TPSA) is 89.7 Å². The second-order valence-corrected chi connectivity index (χ2v) is 6.31. The van der Waals surface area contributed by atoms with Crippen LogP contribution in [0, 0.1) is 6.92 Å². The van der Waals surface area contributed by atoms with Crippen molar-refractivity contribution in [3.8, 4) is 22.9 Å². The number of nitrogens with two attached hydrogens (primary N) is 1. The Morgan fingerprint density at radius 3 is 2.15 bits per heavy atom. The molecule has 27 heavy (non-hydrogen) atoms. The molecule has 2 N–H and O–H groups in total. The van der Waals surface area contributed by atoms with Crippen LogP contribution in [-0.4, -0.2) is 22.1 Å². The minimum atomic E-state index is 0.480. The fourth-order valence-electron chi connectivity index (χ4n) is 2.51. The Labute approximate surface area is 158 Å². The first-order chi connectivity index (χ1) is 13.2. The maximum absolute atomic E-state index is 5.80. The van der Waals surface area contributed by atoms with Gasteiger partial charge in [-0.05, 0) is 56.2 Å². The van der Waals surface area contributed by atoms with Gasteiger partial charge in [-0.25, -0.2) is 0 Å². The van der Waals surface area contributed by atoms with Crippen LogP contribution in [0.5, 0.6) is 0 Å². The zero-order valence-corrected chi connectivity index (χ0v) is 15.6. The summed E-state index contributed by atoms with van der Waals surface area (Å²) < 4.78 is 5.80. The molecule has 2 aromatic carbocycles. The van der Waals surface area contributed by atoms with Crippen LogP contribution in [0.4, 0.5) is 5.69 Å². The van der Waals surface area contributed by atoms with Crippen molar-refractivity contribution in [1.82, 2.24) is 10.2 Å². The second kappa shape index (κ2) is 8.89. The molecule has 6 heteroatoms. The molecule has 3 rings (SSSR count). The van der Waals surface area contributed by atoms with Gasteiger partial charge in [-0.2, -0.15) is 5.10 Å². The van der Waals surface area contributed by atoms with Crippen LogP contribution in [0.3, 0.4) is 0 Å². The molecule has 0 atom stereocenters. The molecule has 0 saturated heterocycles. The summed E-state index contributed by atoms with van der Waals surface area (Å²) in [6.45, 7) is 4.17. The van der Waals surface area contributed by atoms with Gasteiger partial charge in [0.05, 0.1) is 17.6 Å². The summed E-state index contributed by atoms with van der Waals surface area (Å²) in [6.07, 6.45) is 4.68. The first-order valence-corrected chi connectivity index (χ1v) is 9.01. The molecular weight excluding hydrogens is 338 g/mol. The van der Waals surface area contributed by atoms with Gasteiger partial charge in [0.2, 0.25) is 11.8 Å². The number of aliphatic imine (C=N–C) groups is 1. The van der Waals surface area contributed by atoms with Gasteiger partial charge in [0.15, 0.2) is 0 Å². The Kier molecular flexibility index (Phi) is 6.10. The number of nitrogens with zero attached hydrogens (tertiary/aromatic N) is 4. The highest BCUT2D eigenvalue weighted by Gasteiger charge is 2.10. The molecular formula is C21H23N5O. The summed E-state index contributed by atoms with van der Waals surface area (Å²) in [4.78, 5) is 4.42. The van der Waals surface area contributed by atoms with Crippen LogP contribution in [0.25, 0.3) is 22.9 Å². The SMILES string of the molecule is CCCC/C(C=Nc1ccc(-c2nnc(-c3ccc(C)cc3)o2)cc1)=N/N. The smallest absolute Gasteiger partial charge is 0.248 e. The van der Waals surface area contributed by atoms with Crippen LogP contribution in [0.15, 0.2) is 63.0 Å². The van der Waals surface area contributed by atoms with E-state index in [1.807, 2.05) is 55.5 Å². The third kappa shape index (κ3) is 4.88. The lowest BCUT2D eigenvalue weighted by atomic mass is 10.1. The minimum Gasteiger partial charge on any atom is -0.416 e. The van der Waals surface area contributed by atoms with E-state index >= 15 is 0 Å². The minimum absolute atomic E-state index is 0.480. The molecule has 6 nitrogen and oxygen atoms in total. The van der Waals surface area contributed by atoms with Crippen molar-refractivity contribution >= 4 is 17.6 Å². The highest BCUT2D eigenvalue weighted by molar-refractivity contribution is 6.30. The predicted molar refractivity (Wildman–Crippen MR) is 109 cm³/mol. The molecule has 0 amide bonds. The van der Waals surface area contributed by atoms with Gasteiger partial charge < -0.3 is 10.3 Å². The lowest BCUT2D eigenvalue weighted by molar-refractivity contribution is 0.584. The average Bonchev–Trinajstić information content (AvgIpc) is 3.19. The van der Waals surface area contributed by atoms with Crippen LogP contribution >= 0.6 is 0 Å². The van der Waals surface area contributed by atoms with Crippen LogP contribution < -0.4 is 5.84 Å². The van der Waals surface area contributed by atoms with Crippen molar-refractivity contribution < 1.29 is 4.42 Å². The van der Waals surface area contributed by atoms with Crippen molar-refractivity contribution in [3.05, 3.63) is 54.1 Å². The summed E-state index contributed by atoms with van der Waals surface area (Å²) in [5.41, 5.74) is 4.54. The first-order valence-electron chi connectivity index (χ1n) is 9.01. The molecule has 0 saturated carbocycles. The van der Waals surface area contributed by atoms with Gasteiger partial charge >= 0.3 is 0 Å². The predicted octanol–water partition coefficient (Wildman–Crippen LogP) is 4.92. The van der Waals surface area contributed by atoms with Gasteiger partial charge in [0, 0.05) is 11.1 Å². The zero-order chi connectivity index (χ0) is 19.1. The molecule has 0 bridgehead atoms. The summed E-state index contributed by atoms with van der Waals surface area (Å²) in [5, 5.41) is 12.1. The van der Waals surface area contributed by atoms with E-state index in [2.05, 4.69) is 27.2 Å². The quantitative estimate of drug-likeness (QED) is 0.367. The maximum Gasteiger partial charge on any atom is 0.248 e. The number of aryl methyl sites for hydroxylation is 1. The third-order valence-electron chi connectivity index (χ3n) is 4.15. The van der Waals surface area contributed by atoms with Crippen molar-refractivity contribution in [2.75, 3.05) is 0 Å². The Bertz CT molecular complexity index is 924. The van der Waals surface area contributed by atoms with Crippen molar-refractivity contribution in [2.24, 2.45) is 15.9 Å². The third-order valence-corrected chi connectivity index (χ3v) is 4.15. The fourth-order valence-corrected chi connectivity index (χ4v) is 2.51. The van der Waals surface area contributed by atoms with Crippen LogP contribution in [-0.2, 0) is 0 Å². The number of hydrogen-bond acceptors (Lipinski definition) is 6. The fraction of sp³-hybridized carbons (Fsp3) is 0.238. The number of rotatable bonds is 7. The molecule has 0 fully saturated rings. The molecule has 1 aromatic heterocycles. The summed E-state index contributed by atoms with van der Waals surface area (Å²) in [7, 11) is 0. The number of benzene rings is 2. The van der Waals surface area contributed by atoms with E-state index in [1.54, 1.807) is 6.21 Å². The van der Waals surface area contributed by atoms with E-state index in [0.29, 0.717) is 11.8 Å². The van der Waals surface area contributed by atoms with E-state index < -0.39 is 0 Å². The van der Waals surface area contributed by atoms with Gasteiger partial charge in [-0.1, -0.05) is 31.0 Å². The van der Waals surface area contributed by atoms with Crippen molar-refractivity contribution in [3.63, 3.8) is 0 Å². The zero-order valence-electron chi connectivity index (χ0n) is 15.6. The first kappa shape index (κ1) is 18.5. The number of hydrogen-bond donors (Lipinski definition) is 1. The van der Waals surface area contributed by atoms with Crippen molar-refractivity contribution in [2.45, 2.75) is 33.1 Å². The molecule has 0 radical (unpaired) electrons. The van der Waals surface area contributed by atoms with E-state index in [4.69, 9.17) is 10.3 Å². The molecule has 1 heterocycles. The Hall–Kier alpha value is -3.28. The van der Waals surface area contributed by atoms with E-state index in [0.717, 1.165) is 41.8 Å². The highest BCUT2D eigenvalue weighted by atomic mass is 16.4. The van der Waals surface area contributed by atoms with E-state index in [9.17, 15) is 0 Å². The van der Waals surface area contributed by atoms with Gasteiger partial charge in [0.1, 0.15) is 0 Å². The standard InChI is InChI=1S/C21H23N5O/c1-3-4-5-19(24-22)14-23-18-12-10-17(11-13-18)21-26-25-20(27-21)16-8-6-15(2)7-9-16/h6-14H,3-5,22H2,1-2H3/b23-14?,24-19-. The molecule has 0 aliphatic carbocycles. The summed E-state index contributed by atoms with van der Waals surface area (Å²) in [5.74, 6) is 6.39. The monoisotopic (exact) mass is 361 g/mol. The number of hydrazone groups is 1. The van der Waals surface area contributed by atoms with Gasteiger partial charge in [-0.3, -0.25) is 4.99 Å². The highest BCUT2D eigenvalue weighted by Crippen LogP contribution is 2.25. The molecule has 0 unspecified atom stereocenters. The Morgan fingerprint density at radius 2 is 1.59 bits per heavy atom. The maximum atomic E-state index is 5.80. The molecule has 138 valence electrons. The van der Waals surface area contributed by atoms with Crippen molar-refractivity contribution in [1.29, 1.82) is 0 Å². The summed E-state index contributed by atoms with van der Waals surface area (Å²) >= 11 is 0. The second-order valence-electron chi connectivity index (χ2n) is 6.31. The van der Waals surface area contributed by atoms with Gasteiger partial charge in [-0.15, -0.1) is 10.2 Å². The molecule has 0 aliphatic rings. The largest absolute Gasteiger partial charge is 0.416 e. The summed E-state index contributed by atoms with van der Waals surface area (Å²) in [6, 6.07) is 15.6. The molecule has 0 aliphatic heterocycles. The number of unbranched alkanes of at least 4 members (excludes halogenated alkanes) is 1. The average molecular weight is 361 g/mol. The molecule has 0 spiro atoms. The van der Waals surface area contributed by atoms with E-state index in [1.165, 1.54) is 5.56 Å². The Balaban J connectivity index is 1.71. The molecule has 3 aromatic rings. The van der Waals surface area contributed by atoms with Gasteiger partial charge in [0.25, 0.3) is 0 Å². The Morgan fingerprint density at radius 1 is 1.00 bits per heavy atom. The van der Waals surface area contributed by atoms with Crippen LogP contribution in [0.1, 0.15) is 31.7 Å². The number of aromatic nitrogens is 2.